The van der Waals surface area contributed by atoms with Crippen LogP contribution in [0.15, 0.2) is 43.0 Å². The molecule has 1 aliphatic carbocycles. The first kappa shape index (κ1) is 21.6. The van der Waals surface area contributed by atoms with E-state index >= 15 is 0 Å². The lowest BCUT2D eigenvalue weighted by atomic mass is 10.1. The van der Waals surface area contributed by atoms with E-state index in [0.29, 0.717) is 16.6 Å². The molecule has 1 aliphatic rings. The second-order valence-corrected chi connectivity index (χ2v) is 8.22. The second kappa shape index (κ2) is 7.68. The van der Waals surface area contributed by atoms with Crippen molar-refractivity contribution in [3.05, 3.63) is 54.1 Å². The number of carbonyl (C=O) groups is 1. The van der Waals surface area contributed by atoms with Gasteiger partial charge in [-0.3, -0.25) is 9.48 Å². The number of anilines is 3. The molecule has 0 spiro atoms. The number of hydrogen-bond acceptors (Lipinski definition) is 7. The third-order valence-corrected chi connectivity index (χ3v) is 5.80. The molecule has 5 N–H and O–H groups in total. The molecule has 4 heterocycles. The standard InChI is InChI=1S/C22H19F3N8O/c1-33-9-12(7-30-33)13-5-14(13)21(34)32-18-4-10-3-17(31-19(26)15(10)8-28-18)11-2-16(22(23,24)25)20(27)29-6-11/h2-4,6-9,13-14H,5H2,1H3,(H2,26,31)(H2,27,29)(H,28,32,34)/t13-,14+/m1/s1. The molecule has 12 heteroatoms. The number of alkyl halides is 3. The maximum atomic E-state index is 13.2. The minimum absolute atomic E-state index is 0.0853. The van der Waals surface area contributed by atoms with Crippen LogP contribution >= 0.6 is 0 Å². The normalized spacial score (nSPS) is 17.6. The monoisotopic (exact) mass is 468 g/mol. The van der Waals surface area contributed by atoms with Crippen molar-refractivity contribution in [2.45, 2.75) is 18.5 Å². The average molecular weight is 468 g/mol. The highest BCUT2D eigenvalue weighted by Crippen LogP contribution is 2.47. The fourth-order valence-electron chi connectivity index (χ4n) is 3.94. The Morgan fingerprint density at radius 1 is 1.12 bits per heavy atom. The van der Waals surface area contributed by atoms with Crippen molar-refractivity contribution in [1.29, 1.82) is 0 Å². The second-order valence-electron chi connectivity index (χ2n) is 8.22. The molecule has 1 amide bonds. The van der Waals surface area contributed by atoms with Gasteiger partial charge in [-0.1, -0.05) is 0 Å². The molecule has 0 aromatic carbocycles. The molecule has 0 aliphatic heterocycles. The van der Waals surface area contributed by atoms with E-state index in [1.807, 2.05) is 13.2 Å². The van der Waals surface area contributed by atoms with Gasteiger partial charge in [-0.2, -0.15) is 18.3 Å². The van der Waals surface area contributed by atoms with E-state index in [2.05, 4.69) is 25.4 Å². The molecule has 4 aromatic heterocycles. The van der Waals surface area contributed by atoms with Gasteiger partial charge in [-0.05, 0) is 41.5 Å². The first-order chi connectivity index (χ1) is 16.1. The number of fused-ring (bicyclic) bond motifs is 1. The largest absolute Gasteiger partial charge is 0.419 e. The van der Waals surface area contributed by atoms with Gasteiger partial charge in [0.05, 0.1) is 17.5 Å². The Kier molecular flexibility index (Phi) is 4.88. The van der Waals surface area contributed by atoms with Gasteiger partial charge in [0.2, 0.25) is 5.91 Å². The van der Waals surface area contributed by atoms with Crippen molar-refractivity contribution in [1.82, 2.24) is 24.7 Å². The zero-order valence-electron chi connectivity index (χ0n) is 17.8. The van der Waals surface area contributed by atoms with Crippen LogP contribution in [0.5, 0.6) is 0 Å². The Hall–Kier alpha value is -4.22. The quantitative estimate of drug-likeness (QED) is 0.418. The molecule has 2 atom stereocenters. The minimum Gasteiger partial charge on any atom is -0.383 e. The van der Waals surface area contributed by atoms with Crippen molar-refractivity contribution < 1.29 is 18.0 Å². The highest BCUT2D eigenvalue weighted by molar-refractivity contribution is 5.98. The zero-order chi connectivity index (χ0) is 24.2. The van der Waals surface area contributed by atoms with Crippen molar-refractivity contribution >= 4 is 34.1 Å². The highest BCUT2D eigenvalue weighted by Gasteiger charge is 2.44. The Balaban J connectivity index is 1.42. The van der Waals surface area contributed by atoms with E-state index in [4.69, 9.17) is 11.5 Å². The number of aromatic nitrogens is 5. The number of nitrogens with two attached hydrogens (primary N) is 2. The third kappa shape index (κ3) is 3.98. The number of nitrogen functional groups attached to an aromatic ring is 2. The molecule has 0 saturated heterocycles. The lowest BCUT2D eigenvalue weighted by Crippen LogP contribution is -2.15. The van der Waals surface area contributed by atoms with Crippen LogP contribution < -0.4 is 16.8 Å². The van der Waals surface area contributed by atoms with E-state index in [0.717, 1.165) is 18.1 Å². The molecule has 0 radical (unpaired) electrons. The van der Waals surface area contributed by atoms with Gasteiger partial charge in [-0.25, -0.2) is 15.0 Å². The fourth-order valence-corrected chi connectivity index (χ4v) is 3.94. The zero-order valence-corrected chi connectivity index (χ0v) is 17.8. The van der Waals surface area contributed by atoms with Gasteiger partial charge in [0.25, 0.3) is 0 Å². The molecule has 0 bridgehead atoms. The van der Waals surface area contributed by atoms with Crippen LogP contribution in [0.25, 0.3) is 22.0 Å². The molecule has 1 saturated carbocycles. The molecule has 9 nitrogen and oxygen atoms in total. The summed E-state index contributed by atoms with van der Waals surface area (Å²) in [7, 11) is 1.82. The van der Waals surface area contributed by atoms with Crippen LogP contribution in [0.3, 0.4) is 0 Å². The molecule has 4 aromatic rings. The van der Waals surface area contributed by atoms with Crippen molar-refractivity contribution in [2.24, 2.45) is 13.0 Å². The Labute approximate surface area is 191 Å². The number of amides is 1. The van der Waals surface area contributed by atoms with Crippen LogP contribution in [-0.4, -0.2) is 30.6 Å². The van der Waals surface area contributed by atoms with Crippen molar-refractivity contribution in [3.8, 4) is 11.3 Å². The number of aryl methyl sites for hydroxylation is 1. The number of pyridine rings is 3. The van der Waals surface area contributed by atoms with Crippen LogP contribution in [0, 0.1) is 5.92 Å². The van der Waals surface area contributed by atoms with E-state index in [-0.39, 0.29) is 34.8 Å². The van der Waals surface area contributed by atoms with Crippen molar-refractivity contribution in [2.75, 3.05) is 16.8 Å². The number of nitrogens with zero attached hydrogens (tertiary/aromatic N) is 5. The Morgan fingerprint density at radius 3 is 2.62 bits per heavy atom. The predicted molar refractivity (Wildman–Crippen MR) is 119 cm³/mol. The summed E-state index contributed by atoms with van der Waals surface area (Å²) in [6.45, 7) is 0. The maximum Gasteiger partial charge on any atom is 0.419 e. The number of rotatable bonds is 4. The van der Waals surface area contributed by atoms with E-state index in [1.165, 1.54) is 12.4 Å². The number of halogens is 3. The molecular weight excluding hydrogens is 449 g/mol. The molecule has 174 valence electrons. The molecule has 1 fully saturated rings. The summed E-state index contributed by atoms with van der Waals surface area (Å²) in [5.74, 6) is -0.466. The van der Waals surface area contributed by atoms with Gasteiger partial charge in [-0.15, -0.1) is 0 Å². The smallest absolute Gasteiger partial charge is 0.383 e. The summed E-state index contributed by atoms with van der Waals surface area (Å²) in [6, 6.07) is 4.04. The summed E-state index contributed by atoms with van der Waals surface area (Å²) in [4.78, 5) is 24.8. The Morgan fingerprint density at radius 2 is 1.91 bits per heavy atom. The predicted octanol–water partition coefficient (Wildman–Crippen LogP) is 3.35. The summed E-state index contributed by atoms with van der Waals surface area (Å²) in [5, 5.41) is 7.99. The number of carbonyl (C=O) groups excluding carboxylic acids is 1. The van der Waals surface area contributed by atoms with Gasteiger partial charge in [0.1, 0.15) is 17.5 Å². The van der Waals surface area contributed by atoms with Crippen LogP contribution in [0.4, 0.5) is 30.6 Å². The summed E-state index contributed by atoms with van der Waals surface area (Å²) >= 11 is 0. The van der Waals surface area contributed by atoms with Gasteiger partial charge >= 0.3 is 6.18 Å². The van der Waals surface area contributed by atoms with Gasteiger partial charge < -0.3 is 16.8 Å². The first-order valence-electron chi connectivity index (χ1n) is 10.3. The number of hydrogen-bond donors (Lipinski definition) is 3. The van der Waals surface area contributed by atoms with E-state index in [9.17, 15) is 18.0 Å². The molecule has 34 heavy (non-hydrogen) atoms. The number of nitrogens with one attached hydrogen (secondary N) is 1. The fraction of sp³-hybridized carbons (Fsp3) is 0.227. The van der Waals surface area contributed by atoms with Crippen LogP contribution in [-0.2, 0) is 18.0 Å². The minimum atomic E-state index is -4.66. The summed E-state index contributed by atoms with van der Waals surface area (Å²) in [5.41, 5.74) is 11.7. The van der Waals surface area contributed by atoms with Crippen LogP contribution in [0.1, 0.15) is 23.5 Å². The third-order valence-electron chi connectivity index (χ3n) is 5.80. The average Bonchev–Trinajstić information content (AvgIpc) is 3.46. The topological polar surface area (TPSA) is 138 Å². The highest BCUT2D eigenvalue weighted by atomic mass is 19.4. The van der Waals surface area contributed by atoms with E-state index < -0.39 is 17.6 Å². The first-order valence-corrected chi connectivity index (χ1v) is 10.3. The van der Waals surface area contributed by atoms with Gasteiger partial charge in [0, 0.05) is 42.5 Å². The lowest BCUT2D eigenvalue weighted by Gasteiger charge is -2.12. The molecule has 0 unspecified atom stereocenters. The maximum absolute atomic E-state index is 13.2. The van der Waals surface area contributed by atoms with Crippen LogP contribution in [0.2, 0.25) is 0 Å². The Bertz CT molecular complexity index is 1430. The van der Waals surface area contributed by atoms with E-state index in [1.54, 1.807) is 23.0 Å². The lowest BCUT2D eigenvalue weighted by molar-refractivity contribution is -0.137. The summed E-state index contributed by atoms with van der Waals surface area (Å²) in [6.07, 6.45) is 2.36. The van der Waals surface area contributed by atoms with Gasteiger partial charge in [0.15, 0.2) is 0 Å². The molecular formula is C22H19F3N8O. The SMILES string of the molecule is Cn1cc([C@H]2C[C@@H]2C(=O)Nc2cc3cc(-c4cnc(N)c(C(F)(F)F)c4)nc(N)c3cn2)cn1. The molecule has 5 rings (SSSR count). The summed E-state index contributed by atoms with van der Waals surface area (Å²) < 4.78 is 41.4. The van der Waals surface area contributed by atoms with Crippen molar-refractivity contribution in [3.63, 3.8) is 0 Å².